The highest BCUT2D eigenvalue weighted by atomic mass is 16.4. The Morgan fingerprint density at radius 2 is 1.88 bits per heavy atom. The summed E-state index contributed by atoms with van der Waals surface area (Å²) in [4.78, 5) is 40.0. The van der Waals surface area contributed by atoms with Gasteiger partial charge >= 0.3 is 5.97 Å². The lowest BCUT2D eigenvalue weighted by Crippen LogP contribution is -2.54. The quantitative estimate of drug-likeness (QED) is 0.809. The lowest BCUT2D eigenvalue weighted by molar-refractivity contribution is -0.151. The van der Waals surface area contributed by atoms with E-state index in [4.69, 9.17) is 5.11 Å². The van der Waals surface area contributed by atoms with Gasteiger partial charge in [-0.05, 0) is 23.5 Å². The van der Waals surface area contributed by atoms with E-state index in [9.17, 15) is 14.4 Å². The van der Waals surface area contributed by atoms with Crippen LogP contribution in [0.15, 0.2) is 24.3 Å². The molecule has 1 unspecified atom stereocenters. The Morgan fingerprint density at radius 3 is 2.46 bits per heavy atom. The minimum atomic E-state index is -1.04. The van der Waals surface area contributed by atoms with Crippen molar-refractivity contribution >= 4 is 17.8 Å². The summed E-state index contributed by atoms with van der Waals surface area (Å²) in [5, 5.41) is 9.14. The molecule has 0 radical (unpaired) electrons. The molecule has 0 bridgehead atoms. The van der Waals surface area contributed by atoms with Crippen LogP contribution in [-0.4, -0.2) is 51.8 Å². The summed E-state index contributed by atoms with van der Waals surface area (Å²) in [7, 11) is 0. The van der Waals surface area contributed by atoms with Crippen LogP contribution in [0.5, 0.6) is 0 Å². The van der Waals surface area contributed by atoms with Crippen LogP contribution in [0.3, 0.4) is 0 Å². The maximum Gasteiger partial charge on any atom is 0.323 e. The Kier molecular flexibility index (Phi) is 6.77. The first kappa shape index (κ1) is 19.9. The fourth-order valence-electron chi connectivity index (χ4n) is 3.38. The van der Waals surface area contributed by atoms with E-state index in [1.807, 2.05) is 45.0 Å². The topological polar surface area (TPSA) is 77.9 Å². The zero-order valence-electron chi connectivity index (χ0n) is 15.8. The second-order valence-corrected chi connectivity index (χ2v) is 7.26. The molecule has 1 aromatic rings. The van der Waals surface area contributed by atoms with Crippen LogP contribution in [0, 0.1) is 5.92 Å². The molecule has 0 spiro atoms. The highest BCUT2D eigenvalue weighted by Crippen LogP contribution is 2.26. The summed E-state index contributed by atoms with van der Waals surface area (Å²) in [6.07, 6.45) is 1.47. The molecule has 0 saturated carbocycles. The molecule has 2 rings (SSSR count). The van der Waals surface area contributed by atoms with Gasteiger partial charge in [0.15, 0.2) is 0 Å². The average molecular weight is 360 g/mol. The maximum absolute atomic E-state index is 13.1. The van der Waals surface area contributed by atoms with Gasteiger partial charge in [0.05, 0.1) is 0 Å². The Morgan fingerprint density at radius 1 is 1.23 bits per heavy atom. The third-order valence-corrected chi connectivity index (χ3v) is 4.57. The summed E-state index contributed by atoms with van der Waals surface area (Å²) in [6.45, 7) is 6.28. The van der Waals surface area contributed by atoms with Crippen LogP contribution in [0.2, 0.25) is 0 Å². The van der Waals surface area contributed by atoms with E-state index >= 15 is 0 Å². The summed E-state index contributed by atoms with van der Waals surface area (Å²) >= 11 is 0. The van der Waals surface area contributed by atoms with Gasteiger partial charge in [0.25, 0.3) is 0 Å². The molecule has 6 nitrogen and oxygen atoms in total. The lowest BCUT2D eigenvalue weighted by Gasteiger charge is -2.38. The highest BCUT2D eigenvalue weighted by Gasteiger charge is 2.37. The lowest BCUT2D eigenvalue weighted by atomic mass is 9.92. The molecular formula is C20H28N2O4. The standard InChI is InChI=1S/C20H28N2O4/c1-4-9-21(13-19(24)25)20(26)17-11-15-7-5-6-8-16(15)12-22(17)18(23)10-14(2)3/h5-8,14,17H,4,9-13H2,1-3H3,(H,24,25). The number of carbonyl (C=O) groups excluding carboxylic acids is 2. The summed E-state index contributed by atoms with van der Waals surface area (Å²) in [5.74, 6) is -1.18. The molecule has 26 heavy (non-hydrogen) atoms. The van der Waals surface area contributed by atoms with Crippen molar-refractivity contribution < 1.29 is 19.5 Å². The zero-order valence-corrected chi connectivity index (χ0v) is 15.8. The fraction of sp³-hybridized carbons (Fsp3) is 0.550. The van der Waals surface area contributed by atoms with Crippen LogP contribution < -0.4 is 0 Å². The van der Waals surface area contributed by atoms with E-state index in [1.54, 1.807) is 4.90 Å². The molecule has 1 aromatic carbocycles. The number of aliphatic carboxylic acids is 1. The van der Waals surface area contributed by atoms with Crippen LogP contribution in [0.4, 0.5) is 0 Å². The first-order valence-electron chi connectivity index (χ1n) is 9.20. The summed E-state index contributed by atoms with van der Waals surface area (Å²) in [5.41, 5.74) is 2.10. The third kappa shape index (κ3) is 4.84. The number of fused-ring (bicyclic) bond motifs is 1. The molecule has 1 heterocycles. The average Bonchev–Trinajstić information content (AvgIpc) is 2.58. The Labute approximate surface area is 154 Å². The predicted octanol–water partition coefficient (Wildman–Crippen LogP) is 2.31. The van der Waals surface area contributed by atoms with E-state index in [1.165, 1.54) is 4.90 Å². The van der Waals surface area contributed by atoms with Crippen molar-refractivity contribution in [3.8, 4) is 0 Å². The molecule has 0 fully saturated rings. The Bertz CT molecular complexity index is 672. The fourth-order valence-corrected chi connectivity index (χ4v) is 3.38. The number of rotatable bonds is 7. The van der Waals surface area contributed by atoms with Crippen molar-refractivity contribution in [1.29, 1.82) is 0 Å². The number of carboxylic acids is 1. The van der Waals surface area contributed by atoms with Gasteiger partial charge in [-0.2, -0.15) is 0 Å². The van der Waals surface area contributed by atoms with Crippen molar-refractivity contribution in [1.82, 2.24) is 9.80 Å². The number of carbonyl (C=O) groups is 3. The number of benzene rings is 1. The van der Waals surface area contributed by atoms with Gasteiger partial charge < -0.3 is 14.9 Å². The van der Waals surface area contributed by atoms with E-state index < -0.39 is 12.0 Å². The number of hydrogen-bond donors (Lipinski definition) is 1. The number of amides is 2. The van der Waals surface area contributed by atoms with E-state index in [0.717, 1.165) is 11.1 Å². The van der Waals surface area contributed by atoms with Crippen molar-refractivity contribution in [2.45, 2.75) is 52.6 Å². The number of carboxylic acid groups (broad SMARTS) is 1. The SMILES string of the molecule is CCCN(CC(=O)O)C(=O)C1Cc2ccccc2CN1C(=O)CC(C)C. The predicted molar refractivity (Wildman–Crippen MR) is 98.4 cm³/mol. The maximum atomic E-state index is 13.1. The zero-order chi connectivity index (χ0) is 19.3. The van der Waals surface area contributed by atoms with E-state index in [2.05, 4.69) is 0 Å². The van der Waals surface area contributed by atoms with Gasteiger partial charge in [0.2, 0.25) is 11.8 Å². The van der Waals surface area contributed by atoms with Gasteiger partial charge in [-0.25, -0.2) is 0 Å². The van der Waals surface area contributed by atoms with Crippen LogP contribution in [0.1, 0.15) is 44.7 Å². The van der Waals surface area contributed by atoms with Crippen molar-refractivity contribution in [2.24, 2.45) is 5.92 Å². The van der Waals surface area contributed by atoms with Crippen molar-refractivity contribution in [3.63, 3.8) is 0 Å². The molecule has 6 heteroatoms. The molecule has 1 N–H and O–H groups in total. The Hall–Kier alpha value is -2.37. The molecule has 0 saturated heterocycles. The smallest absolute Gasteiger partial charge is 0.323 e. The molecule has 2 amide bonds. The molecule has 0 aliphatic carbocycles. The van der Waals surface area contributed by atoms with Crippen LogP contribution >= 0.6 is 0 Å². The molecule has 142 valence electrons. The normalized spacial score (nSPS) is 16.3. The summed E-state index contributed by atoms with van der Waals surface area (Å²) < 4.78 is 0. The largest absolute Gasteiger partial charge is 0.480 e. The first-order valence-corrected chi connectivity index (χ1v) is 9.20. The monoisotopic (exact) mass is 360 g/mol. The van der Waals surface area contributed by atoms with E-state index in [-0.39, 0.29) is 24.3 Å². The molecule has 1 aliphatic heterocycles. The van der Waals surface area contributed by atoms with Gasteiger partial charge in [0.1, 0.15) is 12.6 Å². The van der Waals surface area contributed by atoms with Gasteiger partial charge in [-0.15, -0.1) is 0 Å². The van der Waals surface area contributed by atoms with E-state index in [0.29, 0.717) is 32.4 Å². The first-order chi connectivity index (χ1) is 12.3. The van der Waals surface area contributed by atoms with Crippen LogP contribution in [0.25, 0.3) is 0 Å². The molecule has 1 atom stereocenters. The van der Waals surface area contributed by atoms with Gasteiger partial charge in [-0.1, -0.05) is 45.0 Å². The van der Waals surface area contributed by atoms with Crippen molar-refractivity contribution in [3.05, 3.63) is 35.4 Å². The third-order valence-electron chi connectivity index (χ3n) is 4.57. The second kappa shape index (κ2) is 8.83. The van der Waals surface area contributed by atoms with Gasteiger partial charge in [-0.3, -0.25) is 14.4 Å². The number of hydrogen-bond acceptors (Lipinski definition) is 3. The Balaban J connectivity index is 2.32. The number of nitrogens with zero attached hydrogens (tertiary/aromatic N) is 2. The van der Waals surface area contributed by atoms with Gasteiger partial charge in [0, 0.05) is 25.9 Å². The molecule has 0 aromatic heterocycles. The second-order valence-electron chi connectivity index (χ2n) is 7.26. The summed E-state index contributed by atoms with van der Waals surface area (Å²) in [6, 6.07) is 7.17. The molecular weight excluding hydrogens is 332 g/mol. The van der Waals surface area contributed by atoms with Crippen molar-refractivity contribution in [2.75, 3.05) is 13.1 Å². The minimum absolute atomic E-state index is 0.0559. The highest BCUT2D eigenvalue weighted by molar-refractivity contribution is 5.90. The molecule has 1 aliphatic rings. The van der Waals surface area contributed by atoms with Crippen LogP contribution in [-0.2, 0) is 27.3 Å². The minimum Gasteiger partial charge on any atom is -0.480 e.